The fourth-order valence-electron chi connectivity index (χ4n) is 3.34. The van der Waals surface area contributed by atoms with Crippen LogP contribution in [0.25, 0.3) is 0 Å². The predicted molar refractivity (Wildman–Crippen MR) is 127 cm³/mol. The standard InChI is InChI=1S/C19H31ClN4O3S.2ClH/c20-17-9-8-15(14-18(17)28(21,26)27)19(25)24-11-5-4-10-22-12-13-23-16-6-2-1-3-7-16;;/h8-9,14,16,22-23H,1-7,10-13H2,(H,24,25)(H2,21,26,27);2*1H. The summed E-state index contributed by atoms with van der Waals surface area (Å²) in [5, 5.41) is 14.9. The summed E-state index contributed by atoms with van der Waals surface area (Å²) < 4.78 is 23.0. The number of benzene rings is 1. The van der Waals surface area contributed by atoms with Crippen molar-refractivity contribution in [3.63, 3.8) is 0 Å². The van der Waals surface area contributed by atoms with E-state index in [2.05, 4.69) is 16.0 Å². The molecule has 7 nitrogen and oxygen atoms in total. The molecule has 5 N–H and O–H groups in total. The third kappa shape index (κ3) is 10.6. The average Bonchev–Trinajstić information content (AvgIpc) is 2.66. The van der Waals surface area contributed by atoms with Gasteiger partial charge in [0.05, 0.1) is 5.02 Å². The minimum atomic E-state index is -3.96. The van der Waals surface area contributed by atoms with Crippen LogP contribution in [0.15, 0.2) is 23.1 Å². The maximum Gasteiger partial charge on any atom is 0.251 e. The van der Waals surface area contributed by atoms with E-state index in [1.807, 2.05) is 0 Å². The number of hydrogen-bond donors (Lipinski definition) is 4. The second-order valence-corrected chi connectivity index (χ2v) is 9.13. The summed E-state index contributed by atoms with van der Waals surface area (Å²) in [7, 11) is -3.96. The van der Waals surface area contributed by atoms with Crippen molar-refractivity contribution in [2.24, 2.45) is 5.14 Å². The number of nitrogens with one attached hydrogen (secondary N) is 3. The molecule has 0 radical (unpaired) electrons. The third-order valence-electron chi connectivity index (χ3n) is 4.91. The Morgan fingerprint density at radius 3 is 2.37 bits per heavy atom. The molecule has 0 aromatic heterocycles. The van der Waals surface area contributed by atoms with Crippen LogP contribution in [-0.2, 0) is 10.0 Å². The van der Waals surface area contributed by atoms with Gasteiger partial charge in [-0.2, -0.15) is 0 Å². The van der Waals surface area contributed by atoms with Gasteiger partial charge in [0, 0.05) is 31.2 Å². The Bertz CT molecular complexity index is 745. The molecule has 11 heteroatoms. The molecule has 0 saturated heterocycles. The molecule has 0 atom stereocenters. The lowest BCUT2D eigenvalue weighted by molar-refractivity contribution is 0.0953. The predicted octanol–water partition coefficient (Wildman–Crippen LogP) is 2.85. The first kappa shape index (κ1) is 29.4. The number of hydrogen-bond acceptors (Lipinski definition) is 5. The van der Waals surface area contributed by atoms with Crippen LogP contribution in [0.4, 0.5) is 0 Å². The van der Waals surface area contributed by atoms with Crippen LogP contribution in [0, 0.1) is 0 Å². The van der Waals surface area contributed by atoms with Crippen LogP contribution in [0.1, 0.15) is 55.3 Å². The summed E-state index contributed by atoms with van der Waals surface area (Å²) in [6.07, 6.45) is 8.44. The smallest absolute Gasteiger partial charge is 0.251 e. The first-order chi connectivity index (χ1) is 13.4. The van der Waals surface area contributed by atoms with E-state index in [1.54, 1.807) is 0 Å². The Morgan fingerprint density at radius 1 is 1.03 bits per heavy atom. The molecular formula is C19H33Cl3N4O3S. The number of amides is 1. The van der Waals surface area contributed by atoms with Crippen molar-refractivity contribution in [1.29, 1.82) is 0 Å². The Balaban J connectivity index is 0.00000420. The van der Waals surface area contributed by atoms with Gasteiger partial charge in [0.2, 0.25) is 10.0 Å². The maximum absolute atomic E-state index is 12.1. The quantitative estimate of drug-likeness (QED) is 0.347. The maximum atomic E-state index is 12.1. The molecule has 1 amide bonds. The summed E-state index contributed by atoms with van der Waals surface area (Å²) in [6.45, 7) is 3.36. The molecule has 30 heavy (non-hydrogen) atoms. The largest absolute Gasteiger partial charge is 0.352 e. The van der Waals surface area contributed by atoms with E-state index in [0.29, 0.717) is 12.6 Å². The van der Waals surface area contributed by atoms with E-state index < -0.39 is 10.0 Å². The Morgan fingerprint density at radius 2 is 1.70 bits per heavy atom. The zero-order valence-corrected chi connectivity index (χ0v) is 20.2. The fourth-order valence-corrected chi connectivity index (χ4v) is 4.41. The molecule has 1 fully saturated rings. The number of rotatable bonds is 11. The summed E-state index contributed by atoms with van der Waals surface area (Å²) in [4.78, 5) is 11.9. The van der Waals surface area contributed by atoms with Gasteiger partial charge in [-0.3, -0.25) is 4.79 Å². The van der Waals surface area contributed by atoms with E-state index >= 15 is 0 Å². The number of unbranched alkanes of at least 4 members (excludes halogenated alkanes) is 1. The number of halogens is 3. The van der Waals surface area contributed by atoms with Crippen LogP contribution in [0.2, 0.25) is 5.02 Å². The van der Waals surface area contributed by atoms with E-state index in [0.717, 1.165) is 32.5 Å². The fraction of sp³-hybridized carbons (Fsp3) is 0.632. The van der Waals surface area contributed by atoms with E-state index in [4.69, 9.17) is 16.7 Å². The van der Waals surface area contributed by atoms with Crippen molar-refractivity contribution in [3.05, 3.63) is 28.8 Å². The van der Waals surface area contributed by atoms with Crippen molar-refractivity contribution in [2.45, 2.75) is 55.9 Å². The first-order valence-electron chi connectivity index (χ1n) is 9.92. The summed E-state index contributed by atoms with van der Waals surface area (Å²) in [5.74, 6) is -0.341. The van der Waals surface area contributed by atoms with Crippen LogP contribution < -0.4 is 21.1 Å². The molecule has 1 aliphatic carbocycles. The monoisotopic (exact) mass is 502 g/mol. The summed E-state index contributed by atoms with van der Waals surface area (Å²) >= 11 is 5.82. The van der Waals surface area contributed by atoms with Gasteiger partial charge in [-0.15, -0.1) is 24.8 Å². The normalized spacial score (nSPS) is 14.5. The van der Waals surface area contributed by atoms with Crippen molar-refractivity contribution in [1.82, 2.24) is 16.0 Å². The summed E-state index contributed by atoms with van der Waals surface area (Å²) in [5.41, 5.74) is 0.223. The Kier molecular flexibility index (Phi) is 14.9. The third-order valence-corrected chi connectivity index (χ3v) is 6.30. The van der Waals surface area contributed by atoms with Crippen molar-refractivity contribution in [3.8, 4) is 0 Å². The first-order valence-corrected chi connectivity index (χ1v) is 11.8. The average molecular weight is 504 g/mol. The van der Waals surface area contributed by atoms with Crippen LogP contribution in [-0.4, -0.2) is 46.5 Å². The van der Waals surface area contributed by atoms with Gasteiger partial charge in [0.15, 0.2) is 0 Å². The molecule has 0 bridgehead atoms. The Hall–Kier alpha value is -0.610. The molecule has 0 heterocycles. The minimum Gasteiger partial charge on any atom is -0.352 e. The highest BCUT2D eigenvalue weighted by molar-refractivity contribution is 7.89. The molecular weight excluding hydrogens is 471 g/mol. The number of primary sulfonamides is 1. The number of nitrogens with two attached hydrogens (primary N) is 1. The van der Waals surface area contributed by atoms with Crippen LogP contribution >= 0.6 is 36.4 Å². The second-order valence-electron chi connectivity index (χ2n) is 7.19. The molecule has 1 aliphatic rings. The van der Waals surface area contributed by atoms with Gasteiger partial charge in [-0.1, -0.05) is 30.9 Å². The van der Waals surface area contributed by atoms with Crippen molar-refractivity contribution >= 4 is 52.3 Å². The van der Waals surface area contributed by atoms with Gasteiger partial charge in [-0.05, 0) is 50.4 Å². The highest BCUT2D eigenvalue weighted by Crippen LogP contribution is 2.21. The highest BCUT2D eigenvalue weighted by Gasteiger charge is 2.16. The minimum absolute atomic E-state index is 0. The zero-order chi connectivity index (χ0) is 20.4. The van der Waals surface area contributed by atoms with Gasteiger partial charge in [0.25, 0.3) is 5.91 Å². The SMILES string of the molecule is Cl.Cl.NS(=O)(=O)c1cc(C(=O)NCCCCNCCNC2CCCCC2)ccc1Cl. The lowest BCUT2D eigenvalue weighted by Gasteiger charge is -2.22. The summed E-state index contributed by atoms with van der Waals surface area (Å²) in [6, 6.07) is 4.73. The number of carbonyl (C=O) groups excluding carboxylic acids is 1. The lowest BCUT2D eigenvalue weighted by atomic mass is 9.95. The van der Waals surface area contributed by atoms with Crippen LogP contribution in [0.3, 0.4) is 0 Å². The van der Waals surface area contributed by atoms with E-state index in [9.17, 15) is 13.2 Å². The molecule has 174 valence electrons. The molecule has 0 spiro atoms. The second kappa shape index (κ2) is 15.2. The number of carbonyl (C=O) groups is 1. The molecule has 1 aromatic carbocycles. The molecule has 1 saturated carbocycles. The lowest BCUT2D eigenvalue weighted by Crippen LogP contribution is -2.36. The van der Waals surface area contributed by atoms with Crippen LogP contribution in [0.5, 0.6) is 0 Å². The topological polar surface area (TPSA) is 113 Å². The van der Waals surface area contributed by atoms with Gasteiger partial charge >= 0.3 is 0 Å². The molecule has 1 aromatic rings. The van der Waals surface area contributed by atoms with Crippen molar-refractivity contribution in [2.75, 3.05) is 26.2 Å². The van der Waals surface area contributed by atoms with E-state index in [-0.39, 0.29) is 46.2 Å². The highest BCUT2D eigenvalue weighted by atomic mass is 35.5. The molecule has 2 rings (SSSR count). The molecule has 0 unspecified atom stereocenters. The van der Waals surface area contributed by atoms with Gasteiger partial charge in [-0.25, -0.2) is 13.6 Å². The van der Waals surface area contributed by atoms with Crippen molar-refractivity contribution < 1.29 is 13.2 Å². The Labute approximate surface area is 197 Å². The number of sulfonamides is 1. The van der Waals surface area contributed by atoms with Gasteiger partial charge in [0.1, 0.15) is 4.90 Å². The van der Waals surface area contributed by atoms with Gasteiger partial charge < -0.3 is 16.0 Å². The van der Waals surface area contributed by atoms with E-state index in [1.165, 1.54) is 50.3 Å². The zero-order valence-electron chi connectivity index (χ0n) is 17.0. The molecule has 0 aliphatic heterocycles.